The molecule has 11 nitrogen and oxygen atoms in total. The third-order valence-corrected chi connectivity index (χ3v) is 6.95. The maximum Gasteiger partial charge on any atom is 0.508 e. The molecule has 2 rings (SSSR count). The van der Waals surface area contributed by atoms with Crippen LogP contribution < -0.4 is 5.32 Å². The Morgan fingerprint density at radius 1 is 1.17 bits per heavy atom. The highest BCUT2D eigenvalue weighted by molar-refractivity contribution is 5.75. The van der Waals surface area contributed by atoms with Crippen LogP contribution in [0.3, 0.4) is 0 Å². The Labute approximate surface area is 241 Å². The van der Waals surface area contributed by atoms with E-state index in [1.54, 1.807) is 6.08 Å². The molecule has 11 heteroatoms. The van der Waals surface area contributed by atoms with Crippen LogP contribution in [-0.4, -0.2) is 65.4 Å². The third kappa shape index (κ3) is 14.1. The molecule has 1 aromatic carbocycles. The number of aliphatic hydroxyl groups excluding tert-OH is 2. The van der Waals surface area contributed by atoms with Crippen molar-refractivity contribution in [3.05, 3.63) is 70.3 Å². The molecule has 1 amide bonds. The number of amides is 1. The first-order valence-corrected chi connectivity index (χ1v) is 14.4. The molecule has 0 heterocycles. The van der Waals surface area contributed by atoms with Crippen LogP contribution in [0, 0.1) is 22.0 Å². The number of ether oxygens (including phenoxy) is 2. The van der Waals surface area contributed by atoms with Gasteiger partial charge in [-0.1, -0.05) is 54.6 Å². The highest BCUT2D eigenvalue weighted by atomic mass is 16.9. The average Bonchev–Trinajstić information content (AvgIpc) is 3.23. The Morgan fingerprint density at radius 2 is 1.93 bits per heavy atom. The van der Waals surface area contributed by atoms with Crippen molar-refractivity contribution < 1.29 is 39.2 Å². The molecular formula is C30H44N2O9. The van der Waals surface area contributed by atoms with Crippen LogP contribution in [0.2, 0.25) is 0 Å². The van der Waals surface area contributed by atoms with Gasteiger partial charge in [-0.3, -0.25) is 4.79 Å². The molecule has 0 saturated heterocycles. The quantitative estimate of drug-likeness (QED) is 0.0718. The van der Waals surface area contributed by atoms with Gasteiger partial charge in [0.15, 0.2) is 0 Å². The molecule has 1 fully saturated rings. The minimum Gasteiger partial charge on any atom is -0.434 e. The predicted molar refractivity (Wildman–Crippen MR) is 152 cm³/mol. The van der Waals surface area contributed by atoms with E-state index < -0.39 is 29.6 Å². The molecule has 3 N–H and O–H groups in total. The standard InChI is InChI=1S/C30H44N2O9/c1-2-31-29(35)15-9-4-3-8-14-25-26(19-18-24(33)17-16-23-12-6-5-7-13-23)28(22-27(25)34)41-30(36)39-20-10-11-21-40-32(37)38/h3,5-8,12-13,18-19,24-28,33-34H,2,4,9-11,14-17,20-22H2,1H3,(H,31,35)/b8-3-,19-18+/t24-,25+,26+,27-,28+/m0/s1. The number of rotatable bonds is 19. The predicted octanol–water partition coefficient (Wildman–Crippen LogP) is 4.30. The second-order valence-electron chi connectivity index (χ2n) is 10.1. The Balaban J connectivity index is 1.93. The number of nitrogens with one attached hydrogen (secondary N) is 1. The van der Waals surface area contributed by atoms with E-state index in [2.05, 4.69) is 10.2 Å². The topological polar surface area (TPSA) is 157 Å². The van der Waals surface area contributed by atoms with Crippen molar-refractivity contribution in [2.45, 2.75) is 83.0 Å². The van der Waals surface area contributed by atoms with Crippen LogP contribution >= 0.6 is 0 Å². The minimum absolute atomic E-state index is 0.0241. The van der Waals surface area contributed by atoms with Crippen LogP contribution in [0.15, 0.2) is 54.6 Å². The van der Waals surface area contributed by atoms with Gasteiger partial charge < -0.3 is 29.8 Å². The van der Waals surface area contributed by atoms with Gasteiger partial charge in [-0.05, 0) is 63.4 Å². The molecule has 41 heavy (non-hydrogen) atoms. The molecule has 0 aromatic heterocycles. The van der Waals surface area contributed by atoms with Crippen LogP contribution in [-0.2, 0) is 25.5 Å². The number of hydrogen-bond acceptors (Lipinski definition) is 9. The maximum absolute atomic E-state index is 12.3. The number of hydrogen-bond donors (Lipinski definition) is 3. The van der Waals surface area contributed by atoms with Gasteiger partial charge in [-0.2, -0.15) is 0 Å². The number of carbonyl (C=O) groups is 2. The Bertz CT molecular complexity index is 970. The van der Waals surface area contributed by atoms with E-state index in [4.69, 9.17) is 9.47 Å². The first kappa shape index (κ1) is 33.8. The van der Waals surface area contributed by atoms with Crippen molar-refractivity contribution in [3.63, 3.8) is 0 Å². The number of carbonyl (C=O) groups excluding carboxylic acids is 2. The van der Waals surface area contributed by atoms with Crippen molar-refractivity contribution in [1.82, 2.24) is 5.32 Å². The zero-order valence-electron chi connectivity index (χ0n) is 23.8. The van der Waals surface area contributed by atoms with Gasteiger partial charge in [0.05, 0.1) is 25.4 Å². The van der Waals surface area contributed by atoms with Crippen molar-refractivity contribution >= 4 is 12.1 Å². The smallest absolute Gasteiger partial charge is 0.434 e. The lowest BCUT2D eigenvalue weighted by atomic mass is 9.89. The number of aryl methyl sites for hydroxylation is 1. The van der Waals surface area contributed by atoms with Gasteiger partial charge in [0.25, 0.3) is 5.09 Å². The van der Waals surface area contributed by atoms with Crippen LogP contribution in [0.4, 0.5) is 4.79 Å². The molecule has 1 aliphatic carbocycles. The SMILES string of the molecule is CCNC(=O)CCC/C=C\C[C@@H]1[C@@H](/C=C/[C@@H](O)CCc2ccccc2)[C@H](OC(=O)OCCCCO[N+](=O)[O-])C[C@@H]1O. The maximum atomic E-state index is 12.3. The molecule has 5 atom stereocenters. The van der Waals surface area contributed by atoms with Gasteiger partial charge in [-0.15, -0.1) is 10.1 Å². The molecule has 228 valence electrons. The summed E-state index contributed by atoms with van der Waals surface area (Å²) in [5, 5.41) is 33.5. The fourth-order valence-corrected chi connectivity index (χ4v) is 4.82. The largest absolute Gasteiger partial charge is 0.508 e. The average molecular weight is 577 g/mol. The van der Waals surface area contributed by atoms with Crippen LogP contribution in [0.5, 0.6) is 0 Å². The summed E-state index contributed by atoms with van der Waals surface area (Å²) in [7, 11) is 0. The molecule has 0 unspecified atom stereocenters. The van der Waals surface area contributed by atoms with E-state index in [1.807, 2.05) is 55.5 Å². The monoisotopic (exact) mass is 576 g/mol. The summed E-state index contributed by atoms with van der Waals surface area (Å²) >= 11 is 0. The normalized spacial score (nSPS) is 21.1. The van der Waals surface area contributed by atoms with E-state index in [0.29, 0.717) is 45.1 Å². The Kier molecular flexibility index (Phi) is 16.1. The third-order valence-electron chi connectivity index (χ3n) is 6.95. The first-order chi connectivity index (χ1) is 19.8. The zero-order chi connectivity index (χ0) is 29.9. The van der Waals surface area contributed by atoms with E-state index >= 15 is 0 Å². The van der Waals surface area contributed by atoms with Crippen molar-refractivity contribution in [2.24, 2.45) is 11.8 Å². The molecule has 0 spiro atoms. The lowest BCUT2D eigenvalue weighted by molar-refractivity contribution is -0.757. The van der Waals surface area contributed by atoms with Gasteiger partial charge in [-0.25, -0.2) is 4.79 Å². The lowest BCUT2D eigenvalue weighted by Crippen LogP contribution is -2.25. The highest BCUT2D eigenvalue weighted by Crippen LogP contribution is 2.38. The van der Waals surface area contributed by atoms with Crippen LogP contribution in [0.25, 0.3) is 0 Å². The van der Waals surface area contributed by atoms with Crippen molar-refractivity contribution in [1.29, 1.82) is 0 Å². The molecule has 1 aromatic rings. The second-order valence-corrected chi connectivity index (χ2v) is 10.1. The summed E-state index contributed by atoms with van der Waals surface area (Å²) in [6.07, 6.45) is 9.22. The second kappa shape index (κ2) is 19.6. The number of aliphatic hydroxyl groups is 2. The molecule has 0 aliphatic heterocycles. The number of unbranched alkanes of at least 4 members (excludes halogenated alkanes) is 2. The van der Waals surface area contributed by atoms with E-state index in [0.717, 1.165) is 18.4 Å². The molecule has 0 radical (unpaired) electrons. The summed E-state index contributed by atoms with van der Waals surface area (Å²) < 4.78 is 10.7. The van der Waals surface area contributed by atoms with Gasteiger partial charge in [0.1, 0.15) is 6.10 Å². The van der Waals surface area contributed by atoms with Gasteiger partial charge in [0, 0.05) is 25.3 Å². The lowest BCUT2D eigenvalue weighted by Gasteiger charge is -2.22. The van der Waals surface area contributed by atoms with Gasteiger partial charge in [0.2, 0.25) is 5.91 Å². The van der Waals surface area contributed by atoms with E-state index in [9.17, 15) is 29.9 Å². The summed E-state index contributed by atoms with van der Waals surface area (Å²) in [5.74, 6) is -0.540. The van der Waals surface area contributed by atoms with E-state index in [1.165, 1.54) is 0 Å². The zero-order valence-corrected chi connectivity index (χ0v) is 23.8. The fraction of sp³-hybridized carbons (Fsp3) is 0.600. The summed E-state index contributed by atoms with van der Waals surface area (Å²) in [5.41, 5.74) is 1.13. The number of nitrogens with zero attached hydrogens (tertiary/aromatic N) is 1. The van der Waals surface area contributed by atoms with Crippen LogP contribution in [0.1, 0.15) is 63.9 Å². The molecule has 1 aliphatic rings. The van der Waals surface area contributed by atoms with Crippen molar-refractivity contribution in [2.75, 3.05) is 19.8 Å². The minimum atomic E-state index is -0.873. The highest BCUT2D eigenvalue weighted by Gasteiger charge is 2.43. The summed E-state index contributed by atoms with van der Waals surface area (Å²) in [6.45, 7) is 2.43. The number of benzene rings is 1. The fourth-order valence-electron chi connectivity index (χ4n) is 4.82. The summed E-state index contributed by atoms with van der Waals surface area (Å²) in [4.78, 5) is 38.4. The van der Waals surface area contributed by atoms with Crippen molar-refractivity contribution in [3.8, 4) is 0 Å². The molecule has 0 bridgehead atoms. The molecule has 1 saturated carbocycles. The van der Waals surface area contributed by atoms with Gasteiger partial charge >= 0.3 is 6.16 Å². The Hall–Kier alpha value is -3.44. The Morgan fingerprint density at radius 3 is 2.66 bits per heavy atom. The molecular weight excluding hydrogens is 532 g/mol. The van der Waals surface area contributed by atoms with E-state index in [-0.39, 0.29) is 37.4 Å². The first-order valence-electron chi connectivity index (χ1n) is 14.4. The number of allylic oxidation sites excluding steroid dienone is 2. The summed E-state index contributed by atoms with van der Waals surface area (Å²) in [6, 6.07) is 9.87.